The van der Waals surface area contributed by atoms with Crippen LogP contribution < -0.4 is 10.6 Å². The van der Waals surface area contributed by atoms with Gasteiger partial charge >= 0.3 is 0 Å². The van der Waals surface area contributed by atoms with Crippen molar-refractivity contribution in [2.45, 2.75) is 73.0 Å². The maximum Gasteiger partial charge on any atom is 0.191 e. The normalized spacial score (nSPS) is 25.1. The highest BCUT2D eigenvalue weighted by Gasteiger charge is 2.24. The van der Waals surface area contributed by atoms with Crippen molar-refractivity contribution in [2.24, 2.45) is 22.7 Å². The zero-order valence-electron chi connectivity index (χ0n) is 16.0. The average molecular weight is 334 g/mol. The van der Waals surface area contributed by atoms with Crippen molar-refractivity contribution in [2.75, 3.05) is 6.54 Å². The van der Waals surface area contributed by atoms with Crippen LogP contribution in [0.2, 0.25) is 0 Å². The molecule has 1 aromatic rings. The Hall–Kier alpha value is -1.52. The second-order valence-corrected chi connectivity index (χ2v) is 7.84. The number of hydrogen-bond donors (Lipinski definition) is 2. The Bertz CT molecular complexity index is 510. The minimum absolute atomic E-state index is 0.525. The van der Waals surface area contributed by atoms with Gasteiger partial charge in [0, 0.05) is 31.5 Å². The Morgan fingerprint density at radius 2 is 2.00 bits per heavy atom. The standard InChI is InChI=1S/C19H35N5/c1-6-20-19(23-17-10-15(4)9-16(5)11-17)22-12-18-21-7-8-24(18)13-14(2)3/h7-8,14-17H,6,9-13H2,1-5H3,(H2,20,22,23). The fraction of sp³-hybridized carbons (Fsp3) is 0.789. The first-order valence-electron chi connectivity index (χ1n) is 9.52. The molecular weight excluding hydrogens is 298 g/mol. The molecule has 24 heavy (non-hydrogen) atoms. The summed E-state index contributed by atoms with van der Waals surface area (Å²) < 4.78 is 2.21. The van der Waals surface area contributed by atoms with Crippen LogP contribution in [0.5, 0.6) is 0 Å². The maximum absolute atomic E-state index is 4.78. The third-order valence-electron chi connectivity index (χ3n) is 4.61. The van der Waals surface area contributed by atoms with E-state index in [-0.39, 0.29) is 0 Å². The van der Waals surface area contributed by atoms with Crippen LogP contribution in [0.1, 0.15) is 59.7 Å². The quantitative estimate of drug-likeness (QED) is 0.619. The molecule has 1 aliphatic rings. The van der Waals surface area contributed by atoms with E-state index in [4.69, 9.17) is 4.99 Å². The molecule has 1 aromatic heterocycles. The van der Waals surface area contributed by atoms with Crippen LogP contribution in [0, 0.1) is 17.8 Å². The van der Waals surface area contributed by atoms with Gasteiger partial charge in [-0.2, -0.15) is 0 Å². The van der Waals surface area contributed by atoms with E-state index < -0.39 is 0 Å². The molecule has 5 heteroatoms. The minimum Gasteiger partial charge on any atom is -0.357 e. The number of aliphatic imine (C=N–C) groups is 1. The summed E-state index contributed by atoms with van der Waals surface area (Å²) in [5.74, 6) is 4.14. The van der Waals surface area contributed by atoms with E-state index in [1.54, 1.807) is 0 Å². The Labute approximate surface area is 147 Å². The van der Waals surface area contributed by atoms with Crippen molar-refractivity contribution in [1.82, 2.24) is 20.2 Å². The first-order valence-corrected chi connectivity index (χ1v) is 9.52. The Morgan fingerprint density at radius 1 is 1.29 bits per heavy atom. The predicted molar refractivity (Wildman–Crippen MR) is 101 cm³/mol. The molecule has 136 valence electrons. The lowest BCUT2D eigenvalue weighted by Gasteiger charge is -2.32. The van der Waals surface area contributed by atoms with E-state index in [9.17, 15) is 0 Å². The molecule has 2 atom stereocenters. The second kappa shape index (κ2) is 9.09. The second-order valence-electron chi connectivity index (χ2n) is 7.84. The summed E-state index contributed by atoms with van der Waals surface area (Å²) in [6.07, 6.45) is 7.74. The summed E-state index contributed by atoms with van der Waals surface area (Å²) in [6, 6.07) is 0.525. The molecule has 2 unspecified atom stereocenters. The monoisotopic (exact) mass is 333 g/mol. The Balaban J connectivity index is 1.99. The van der Waals surface area contributed by atoms with Gasteiger partial charge < -0.3 is 15.2 Å². The molecule has 0 aromatic carbocycles. The van der Waals surface area contributed by atoms with Crippen molar-refractivity contribution in [3.63, 3.8) is 0 Å². The van der Waals surface area contributed by atoms with Crippen LogP contribution in [0.15, 0.2) is 17.4 Å². The van der Waals surface area contributed by atoms with Gasteiger partial charge in [-0.25, -0.2) is 9.98 Å². The largest absolute Gasteiger partial charge is 0.357 e. The zero-order chi connectivity index (χ0) is 17.5. The third-order valence-corrected chi connectivity index (χ3v) is 4.61. The van der Waals surface area contributed by atoms with E-state index in [2.05, 4.69) is 61.0 Å². The van der Waals surface area contributed by atoms with Crippen LogP contribution in [0.4, 0.5) is 0 Å². The van der Waals surface area contributed by atoms with Gasteiger partial charge in [-0.15, -0.1) is 0 Å². The van der Waals surface area contributed by atoms with E-state index >= 15 is 0 Å². The highest BCUT2D eigenvalue weighted by Crippen LogP contribution is 2.28. The van der Waals surface area contributed by atoms with E-state index in [1.165, 1.54) is 19.3 Å². The summed E-state index contributed by atoms with van der Waals surface area (Å²) in [5.41, 5.74) is 0. The molecule has 1 aliphatic carbocycles. The van der Waals surface area contributed by atoms with Crippen molar-refractivity contribution < 1.29 is 0 Å². The van der Waals surface area contributed by atoms with E-state index in [0.717, 1.165) is 36.7 Å². The van der Waals surface area contributed by atoms with Gasteiger partial charge in [0.1, 0.15) is 12.4 Å². The van der Waals surface area contributed by atoms with Crippen molar-refractivity contribution >= 4 is 5.96 Å². The van der Waals surface area contributed by atoms with Crippen LogP contribution in [0.3, 0.4) is 0 Å². The van der Waals surface area contributed by atoms with Gasteiger partial charge in [0.05, 0.1) is 0 Å². The molecule has 1 fully saturated rings. The Morgan fingerprint density at radius 3 is 2.62 bits per heavy atom. The fourth-order valence-corrected chi connectivity index (χ4v) is 3.78. The number of nitrogens with one attached hydrogen (secondary N) is 2. The summed E-state index contributed by atoms with van der Waals surface area (Å²) >= 11 is 0. The predicted octanol–water partition coefficient (Wildman–Crippen LogP) is 3.42. The van der Waals surface area contributed by atoms with Gasteiger partial charge in [-0.1, -0.05) is 27.7 Å². The van der Waals surface area contributed by atoms with Crippen LogP contribution in [-0.4, -0.2) is 28.1 Å². The first kappa shape index (κ1) is 18.8. The molecule has 0 aliphatic heterocycles. The van der Waals surface area contributed by atoms with Crippen molar-refractivity contribution in [3.05, 3.63) is 18.2 Å². The summed E-state index contributed by atoms with van der Waals surface area (Å²) in [4.78, 5) is 9.25. The number of rotatable bonds is 6. The molecule has 2 rings (SSSR count). The topological polar surface area (TPSA) is 54.2 Å². The number of aromatic nitrogens is 2. The van der Waals surface area contributed by atoms with Crippen LogP contribution in [0.25, 0.3) is 0 Å². The molecule has 1 heterocycles. The van der Waals surface area contributed by atoms with E-state index in [0.29, 0.717) is 18.5 Å². The molecule has 1 saturated carbocycles. The van der Waals surface area contributed by atoms with Crippen molar-refractivity contribution in [1.29, 1.82) is 0 Å². The van der Waals surface area contributed by atoms with Gasteiger partial charge in [0.2, 0.25) is 0 Å². The highest BCUT2D eigenvalue weighted by atomic mass is 15.2. The SMILES string of the molecule is CCNC(=NCc1nccn1CC(C)C)NC1CC(C)CC(C)C1. The van der Waals surface area contributed by atoms with Gasteiger partial charge in [0.25, 0.3) is 0 Å². The van der Waals surface area contributed by atoms with E-state index in [1.807, 2.05) is 6.20 Å². The maximum atomic E-state index is 4.78. The fourth-order valence-electron chi connectivity index (χ4n) is 3.78. The van der Waals surface area contributed by atoms with Crippen LogP contribution in [-0.2, 0) is 13.1 Å². The molecule has 0 amide bonds. The molecule has 0 bridgehead atoms. The first-order chi connectivity index (χ1) is 11.5. The minimum atomic E-state index is 0.525. The molecule has 0 saturated heterocycles. The highest BCUT2D eigenvalue weighted by molar-refractivity contribution is 5.80. The lowest BCUT2D eigenvalue weighted by molar-refractivity contribution is 0.255. The van der Waals surface area contributed by atoms with Crippen LogP contribution >= 0.6 is 0 Å². The van der Waals surface area contributed by atoms with Gasteiger partial charge in [-0.05, 0) is 43.9 Å². The summed E-state index contributed by atoms with van der Waals surface area (Å²) in [6.45, 7) is 13.8. The number of hydrogen-bond acceptors (Lipinski definition) is 2. The smallest absolute Gasteiger partial charge is 0.191 e. The lowest BCUT2D eigenvalue weighted by atomic mass is 9.80. The third kappa shape index (κ3) is 5.84. The number of guanidine groups is 1. The zero-order valence-corrected chi connectivity index (χ0v) is 16.0. The van der Waals surface area contributed by atoms with Gasteiger partial charge in [-0.3, -0.25) is 0 Å². The molecule has 5 nitrogen and oxygen atoms in total. The van der Waals surface area contributed by atoms with Gasteiger partial charge in [0.15, 0.2) is 5.96 Å². The molecular formula is C19H35N5. The average Bonchev–Trinajstić information content (AvgIpc) is 2.90. The summed E-state index contributed by atoms with van der Waals surface area (Å²) in [5, 5.41) is 7.03. The Kier molecular flexibility index (Phi) is 7.13. The molecule has 0 spiro atoms. The number of nitrogens with zero attached hydrogens (tertiary/aromatic N) is 3. The number of imidazole rings is 1. The molecule has 2 N–H and O–H groups in total. The lowest BCUT2D eigenvalue weighted by Crippen LogP contribution is -2.46. The summed E-state index contributed by atoms with van der Waals surface area (Å²) in [7, 11) is 0. The molecule has 0 radical (unpaired) electrons. The van der Waals surface area contributed by atoms with Crippen molar-refractivity contribution in [3.8, 4) is 0 Å².